The number of hydrazone groups is 1. The fourth-order valence-electron chi connectivity index (χ4n) is 0.522. The summed E-state index contributed by atoms with van der Waals surface area (Å²) in [5.41, 5.74) is 7.87. The van der Waals surface area contributed by atoms with E-state index in [0.717, 1.165) is 0 Å². The molecule has 1 rings (SSSR count). The van der Waals surface area contributed by atoms with Gasteiger partial charge in [0.15, 0.2) is 0 Å². The Labute approximate surface area is 47.0 Å². The van der Waals surface area contributed by atoms with Crippen LogP contribution in [0.3, 0.4) is 0 Å². The van der Waals surface area contributed by atoms with Crippen molar-refractivity contribution < 1.29 is 0 Å². The average molecular weight is 110 g/mol. The third-order valence-corrected chi connectivity index (χ3v) is 1.02. The predicted molar refractivity (Wildman–Crippen MR) is 28.7 cm³/mol. The van der Waals surface area contributed by atoms with Crippen LogP contribution < -0.4 is 11.2 Å². The molecule has 0 amide bonds. The molecule has 1 atom stereocenters. The van der Waals surface area contributed by atoms with Crippen LogP contribution in [0.5, 0.6) is 0 Å². The van der Waals surface area contributed by atoms with Gasteiger partial charge < -0.3 is 11.2 Å². The van der Waals surface area contributed by atoms with Crippen molar-refractivity contribution in [3.05, 3.63) is 0 Å². The van der Waals surface area contributed by atoms with Gasteiger partial charge in [0, 0.05) is 0 Å². The Kier molecular flexibility index (Phi) is 1.04. The van der Waals surface area contributed by atoms with Gasteiger partial charge in [-0.1, -0.05) is 0 Å². The quantitative estimate of drug-likeness (QED) is 0.420. The van der Waals surface area contributed by atoms with Gasteiger partial charge in [-0.15, -0.1) is 0 Å². The summed E-state index contributed by atoms with van der Waals surface area (Å²) in [5, 5.41) is 11.9. The van der Waals surface area contributed by atoms with Crippen molar-refractivity contribution >= 4 is 5.84 Å². The maximum absolute atomic E-state index is 8.29. The fraction of sp³-hybridized carbons (Fsp3) is 0.500. The number of nitrogens with two attached hydrogens (primary N) is 1. The monoisotopic (exact) mass is 110 g/mol. The van der Waals surface area contributed by atoms with Gasteiger partial charge in [-0.2, -0.15) is 10.4 Å². The summed E-state index contributed by atoms with van der Waals surface area (Å²) in [5.74, 6) is 0.183. The van der Waals surface area contributed by atoms with Crippen molar-refractivity contribution in [3.8, 4) is 6.07 Å². The molecule has 0 bridgehead atoms. The lowest BCUT2D eigenvalue weighted by molar-refractivity contribution is 0.754. The molecule has 0 spiro atoms. The molecule has 1 aliphatic rings. The van der Waals surface area contributed by atoms with Gasteiger partial charge in [0.05, 0.1) is 12.6 Å². The van der Waals surface area contributed by atoms with E-state index in [1.54, 1.807) is 0 Å². The number of nitrogens with zero attached hydrogens (tertiary/aromatic N) is 2. The number of nitriles is 1. The zero-order chi connectivity index (χ0) is 5.98. The summed E-state index contributed by atoms with van der Waals surface area (Å²) in [6.45, 7) is 0.558. The highest BCUT2D eigenvalue weighted by Gasteiger charge is 2.16. The van der Waals surface area contributed by atoms with Gasteiger partial charge in [-0.25, -0.2) is 0 Å². The summed E-state index contributed by atoms with van der Waals surface area (Å²) in [7, 11) is 0. The minimum absolute atomic E-state index is 0.213. The molecular weight excluding hydrogens is 104 g/mol. The van der Waals surface area contributed by atoms with Crippen molar-refractivity contribution in [2.45, 2.75) is 0 Å². The van der Waals surface area contributed by atoms with E-state index in [1.165, 1.54) is 0 Å². The first-order chi connectivity index (χ1) is 3.84. The average Bonchev–Trinajstić information content (AvgIpc) is 2.14. The van der Waals surface area contributed by atoms with Crippen molar-refractivity contribution in [2.75, 3.05) is 6.54 Å². The SMILES string of the molecule is N#CC1CNN=C1N. The molecule has 4 nitrogen and oxygen atoms in total. The van der Waals surface area contributed by atoms with Crippen molar-refractivity contribution in [3.63, 3.8) is 0 Å². The van der Waals surface area contributed by atoms with Gasteiger partial charge in [0.2, 0.25) is 0 Å². The standard InChI is InChI=1S/C4H6N4/c5-1-3-2-7-8-4(3)6/h3,7H,2H2,(H2,6,8). The van der Waals surface area contributed by atoms with Crippen LogP contribution in [0.2, 0.25) is 0 Å². The van der Waals surface area contributed by atoms with Crippen LogP contribution in [-0.2, 0) is 0 Å². The first kappa shape index (κ1) is 4.91. The lowest BCUT2D eigenvalue weighted by Crippen LogP contribution is -2.20. The Morgan fingerprint density at radius 1 is 2.00 bits per heavy atom. The topological polar surface area (TPSA) is 74.2 Å². The van der Waals surface area contributed by atoms with E-state index in [0.29, 0.717) is 12.4 Å². The van der Waals surface area contributed by atoms with Crippen LogP contribution in [0, 0.1) is 17.2 Å². The molecule has 0 saturated heterocycles. The van der Waals surface area contributed by atoms with Crippen LogP contribution in [0.1, 0.15) is 0 Å². The molecule has 0 aliphatic carbocycles. The second kappa shape index (κ2) is 1.70. The molecule has 3 N–H and O–H groups in total. The van der Waals surface area contributed by atoms with E-state index >= 15 is 0 Å². The van der Waals surface area contributed by atoms with E-state index in [4.69, 9.17) is 11.0 Å². The van der Waals surface area contributed by atoms with E-state index < -0.39 is 0 Å². The number of rotatable bonds is 0. The van der Waals surface area contributed by atoms with E-state index in [9.17, 15) is 0 Å². The van der Waals surface area contributed by atoms with Crippen LogP contribution in [0.4, 0.5) is 0 Å². The Bertz CT molecular complexity index is 154. The van der Waals surface area contributed by atoms with Crippen molar-refractivity contribution in [2.24, 2.45) is 16.8 Å². The summed E-state index contributed by atoms with van der Waals surface area (Å²) in [6, 6.07) is 2.00. The van der Waals surface area contributed by atoms with Crippen LogP contribution >= 0.6 is 0 Å². The Hall–Kier alpha value is -1.24. The minimum atomic E-state index is -0.213. The molecule has 8 heavy (non-hydrogen) atoms. The Morgan fingerprint density at radius 3 is 3.00 bits per heavy atom. The molecule has 42 valence electrons. The molecule has 4 heteroatoms. The van der Waals surface area contributed by atoms with Gasteiger partial charge >= 0.3 is 0 Å². The van der Waals surface area contributed by atoms with E-state index in [1.807, 2.05) is 6.07 Å². The molecule has 0 aromatic carbocycles. The van der Waals surface area contributed by atoms with Crippen LogP contribution in [0.15, 0.2) is 5.10 Å². The summed E-state index contributed by atoms with van der Waals surface area (Å²) in [4.78, 5) is 0. The lowest BCUT2D eigenvalue weighted by atomic mass is 10.2. The Morgan fingerprint density at radius 2 is 2.75 bits per heavy atom. The summed E-state index contributed by atoms with van der Waals surface area (Å²) >= 11 is 0. The van der Waals surface area contributed by atoms with Crippen LogP contribution in [0.25, 0.3) is 0 Å². The minimum Gasteiger partial charge on any atom is -0.385 e. The number of nitrogens with one attached hydrogen (secondary N) is 1. The Balaban J connectivity index is 2.63. The zero-order valence-corrected chi connectivity index (χ0v) is 4.26. The second-order valence-electron chi connectivity index (χ2n) is 1.58. The van der Waals surface area contributed by atoms with Gasteiger partial charge in [-0.3, -0.25) is 0 Å². The number of hydrogen-bond donors (Lipinski definition) is 2. The smallest absolute Gasteiger partial charge is 0.138 e. The molecule has 1 unspecified atom stereocenters. The van der Waals surface area contributed by atoms with E-state index in [2.05, 4.69) is 10.5 Å². The second-order valence-corrected chi connectivity index (χ2v) is 1.58. The van der Waals surface area contributed by atoms with Crippen LogP contribution in [-0.4, -0.2) is 12.4 Å². The van der Waals surface area contributed by atoms with Crippen molar-refractivity contribution in [1.29, 1.82) is 5.26 Å². The fourth-order valence-corrected chi connectivity index (χ4v) is 0.522. The van der Waals surface area contributed by atoms with Gasteiger partial charge in [0.25, 0.3) is 0 Å². The highest BCUT2D eigenvalue weighted by atomic mass is 15.3. The molecule has 0 fully saturated rings. The van der Waals surface area contributed by atoms with Gasteiger partial charge in [-0.05, 0) is 0 Å². The molecule has 0 aromatic rings. The predicted octanol–water partition coefficient (Wildman–Crippen LogP) is -0.998. The van der Waals surface area contributed by atoms with Gasteiger partial charge in [0.1, 0.15) is 11.8 Å². The van der Waals surface area contributed by atoms with E-state index in [-0.39, 0.29) is 5.92 Å². The molecule has 0 aromatic heterocycles. The number of amidine groups is 1. The maximum atomic E-state index is 8.29. The van der Waals surface area contributed by atoms with Crippen molar-refractivity contribution in [1.82, 2.24) is 5.43 Å². The molecular formula is C4H6N4. The lowest BCUT2D eigenvalue weighted by Gasteiger charge is -1.91. The highest BCUT2D eigenvalue weighted by molar-refractivity contribution is 5.86. The third kappa shape index (κ3) is 0.581. The zero-order valence-electron chi connectivity index (χ0n) is 4.26. The molecule has 0 saturated carbocycles. The number of hydrogen-bond acceptors (Lipinski definition) is 4. The maximum Gasteiger partial charge on any atom is 0.138 e. The third-order valence-electron chi connectivity index (χ3n) is 1.02. The largest absolute Gasteiger partial charge is 0.385 e. The molecule has 1 heterocycles. The molecule has 1 aliphatic heterocycles. The normalized spacial score (nSPS) is 25.9. The summed E-state index contributed by atoms with van der Waals surface area (Å²) < 4.78 is 0. The first-order valence-corrected chi connectivity index (χ1v) is 2.30. The highest BCUT2D eigenvalue weighted by Crippen LogP contribution is 1.96. The molecule has 0 radical (unpaired) electrons. The summed E-state index contributed by atoms with van der Waals surface area (Å²) in [6.07, 6.45) is 0. The first-order valence-electron chi connectivity index (χ1n) is 2.30.